The van der Waals surface area contributed by atoms with Gasteiger partial charge in [-0.05, 0) is 88.2 Å². The van der Waals surface area contributed by atoms with Crippen LogP contribution in [0.1, 0.15) is 121 Å². The Morgan fingerprint density at radius 1 is 1.00 bits per heavy atom. The Hall–Kier alpha value is -2.02. The summed E-state index contributed by atoms with van der Waals surface area (Å²) in [5.74, 6) is 1.46. The number of aromatic amines is 1. The first-order chi connectivity index (χ1) is 17.7. The fraction of sp³-hybridized carbons (Fsp3) is 0.636. The molecule has 2 fully saturated rings. The molecular weight excluding hydrogens is 438 g/mol. The fourth-order valence-electron chi connectivity index (χ4n) is 5.52. The zero-order valence-electron chi connectivity index (χ0n) is 24.1. The highest BCUT2D eigenvalue weighted by Crippen LogP contribution is 2.35. The zero-order valence-corrected chi connectivity index (χ0v) is 24.1. The molecule has 4 rings (SSSR count). The lowest BCUT2D eigenvalue weighted by Crippen LogP contribution is -2.26. The normalized spacial score (nSPS) is 19.2. The van der Waals surface area contributed by atoms with Crippen molar-refractivity contribution in [2.24, 2.45) is 5.92 Å². The van der Waals surface area contributed by atoms with E-state index in [0.29, 0.717) is 5.92 Å². The van der Waals surface area contributed by atoms with E-state index in [-0.39, 0.29) is 0 Å². The van der Waals surface area contributed by atoms with Crippen LogP contribution in [0.15, 0.2) is 42.5 Å². The predicted octanol–water partition coefficient (Wildman–Crippen LogP) is 8.79. The van der Waals surface area contributed by atoms with Gasteiger partial charge in [-0.25, -0.2) is 0 Å². The van der Waals surface area contributed by atoms with E-state index >= 15 is 0 Å². The van der Waals surface area contributed by atoms with Crippen molar-refractivity contribution < 1.29 is 0 Å². The molecule has 3 N–H and O–H groups in total. The summed E-state index contributed by atoms with van der Waals surface area (Å²) in [7, 11) is 2.07. The lowest BCUT2D eigenvalue weighted by atomic mass is 9.86. The molecule has 202 valence electrons. The second-order valence-corrected chi connectivity index (χ2v) is 10.1. The number of allylic oxidation sites excluding steroid dienone is 1. The SMILES string of the molecule is C=C.CC.CC1=Cc2[nH]cc(C=C=C=CCNCC3CCCCC3)c2C(C)C1.CNC1CCCCC1. The molecule has 0 spiro atoms. The molecule has 0 radical (unpaired) electrons. The molecule has 3 aliphatic carbocycles. The molecule has 1 atom stereocenters. The molecular formula is C33H55N3. The standard InChI is InChI=1S/C22H30N2.C7H15N.C2H6.C2H4/c1-17-13-18(2)22-20(16-24-21(22)14-17)11-7-4-8-12-23-15-19-9-5-3-6-10-19;1-8-7-5-3-2-4-6-7;2*1-2/h8,11,14,16,18-19,23-24H,3,5-6,9-10,12-13,15H2,1-2H3;7-8H,2-6H2,1H3;1-2H3;1-2H2. The molecule has 3 aliphatic rings. The van der Waals surface area contributed by atoms with Crippen LogP contribution >= 0.6 is 0 Å². The highest BCUT2D eigenvalue weighted by atomic mass is 14.9. The Balaban J connectivity index is 0.000000452. The minimum atomic E-state index is 0.574. The summed E-state index contributed by atoms with van der Waals surface area (Å²) >= 11 is 0. The summed E-state index contributed by atoms with van der Waals surface area (Å²) in [6.07, 6.45) is 23.8. The third-order valence-corrected chi connectivity index (χ3v) is 7.33. The average Bonchev–Trinajstić information content (AvgIpc) is 3.35. The number of hydrogen-bond acceptors (Lipinski definition) is 2. The van der Waals surface area contributed by atoms with Gasteiger partial charge in [-0.3, -0.25) is 0 Å². The van der Waals surface area contributed by atoms with Gasteiger partial charge in [-0.1, -0.05) is 76.3 Å². The second-order valence-electron chi connectivity index (χ2n) is 10.1. The number of rotatable bonds is 6. The molecule has 2 saturated carbocycles. The van der Waals surface area contributed by atoms with E-state index in [1.54, 1.807) is 0 Å². The minimum absolute atomic E-state index is 0.574. The largest absolute Gasteiger partial charge is 0.361 e. The summed E-state index contributed by atoms with van der Waals surface area (Å²) in [5.41, 5.74) is 11.7. The van der Waals surface area contributed by atoms with Crippen LogP contribution in [0.4, 0.5) is 0 Å². The molecule has 36 heavy (non-hydrogen) atoms. The molecule has 1 aromatic rings. The van der Waals surface area contributed by atoms with Crippen molar-refractivity contribution >= 4 is 12.2 Å². The van der Waals surface area contributed by atoms with Crippen molar-refractivity contribution in [3.05, 3.63) is 59.3 Å². The number of aromatic nitrogens is 1. The lowest BCUT2D eigenvalue weighted by Gasteiger charge is -2.21. The van der Waals surface area contributed by atoms with Crippen molar-refractivity contribution in [2.45, 2.75) is 110 Å². The first-order valence-electron chi connectivity index (χ1n) is 14.6. The van der Waals surface area contributed by atoms with Crippen LogP contribution in [0.3, 0.4) is 0 Å². The Kier molecular flexibility index (Phi) is 17.9. The number of fused-ring (bicyclic) bond motifs is 1. The van der Waals surface area contributed by atoms with Crippen LogP contribution < -0.4 is 10.6 Å². The van der Waals surface area contributed by atoms with Crippen LogP contribution in [0.2, 0.25) is 0 Å². The first-order valence-corrected chi connectivity index (χ1v) is 14.6. The van der Waals surface area contributed by atoms with Gasteiger partial charge >= 0.3 is 0 Å². The maximum absolute atomic E-state index is 3.52. The van der Waals surface area contributed by atoms with E-state index in [1.165, 1.54) is 86.6 Å². The van der Waals surface area contributed by atoms with Gasteiger partial charge in [-0.2, -0.15) is 0 Å². The van der Waals surface area contributed by atoms with Gasteiger partial charge in [0.15, 0.2) is 0 Å². The summed E-state index contributed by atoms with van der Waals surface area (Å²) in [6, 6.07) is 0.837. The third kappa shape index (κ3) is 11.8. The predicted molar refractivity (Wildman–Crippen MR) is 162 cm³/mol. The van der Waals surface area contributed by atoms with Gasteiger partial charge in [0.05, 0.1) is 0 Å². The Labute approximate surface area is 223 Å². The zero-order chi connectivity index (χ0) is 26.6. The highest BCUT2D eigenvalue weighted by Gasteiger charge is 2.19. The Bertz CT molecular complexity index is 821. The molecule has 1 unspecified atom stereocenters. The third-order valence-electron chi connectivity index (χ3n) is 7.33. The van der Waals surface area contributed by atoms with Gasteiger partial charge in [0.1, 0.15) is 0 Å². The molecule has 1 aromatic heterocycles. The van der Waals surface area contributed by atoms with Gasteiger partial charge in [0.25, 0.3) is 0 Å². The van der Waals surface area contributed by atoms with Crippen LogP contribution in [0, 0.1) is 5.92 Å². The van der Waals surface area contributed by atoms with Crippen molar-refractivity contribution in [3.63, 3.8) is 0 Å². The topological polar surface area (TPSA) is 39.9 Å². The van der Waals surface area contributed by atoms with E-state index < -0.39 is 0 Å². The maximum Gasteiger partial charge on any atom is 0.0421 e. The molecule has 0 amide bonds. The van der Waals surface area contributed by atoms with Crippen molar-refractivity contribution in [1.82, 2.24) is 15.6 Å². The van der Waals surface area contributed by atoms with Crippen molar-refractivity contribution in [1.29, 1.82) is 0 Å². The van der Waals surface area contributed by atoms with E-state index in [1.807, 2.05) is 19.9 Å². The van der Waals surface area contributed by atoms with Crippen LogP contribution in [0.5, 0.6) is 0 Å². The van der Waals surface area contributed by atoms with Crippen molar-refractivity contribution in [2.75, 3.05) is 20.1 Å². The van der Waals surface area contributed by atoms with Gasteiger partial charge < -0.3 is 15.6 Å². The van der Waals surface area contributed by atoms with Gasteiger partial charge in [0, 0.05) is 30.0 Å². The van der Waals surface area contributed by atoms with E-state index in [2.05, 4.69) is 79.5 Å². The first kappa shape index (κ1) is 32.0. The van der Waals surface area contributed by atoms with Crippen molar-refractivity contribution in [3.8, 4) is 0 Å². The van der Waals surface area contributed by atoms with E-state index in [0.717, 1.165) is 31.5 Å². The lowest BCUT2D eigenvalue weighted by molar-refractivity contribution is 0.347. The number of H-pyrrole nitrogens is 1. The second kappa shape index (κ2) is 20.1. The molecule has 3 heteroatoms. The summed E-state index contributed by atoms with van der Waals surface area (Å²) in [5, 5.41) is 6.83. The maximum atomic E-state index is 3.52. The van der Waals surface area contributed by atoms with E-state index in [9.17, 15) is 0 Å². The van der Waals surface area contributed by atoms with Crippen LogP contribution in [-0.4, -0.2) is 31.2 Å². The molecule has 0 aliphatic heterocycles. The van der Waals surface area contributed by atoms with Crippen LogP contribution in [-0.2, 0) is 0 Å². The van der Waals surface area contributed by atoms with Crippen LogP contribution in [0.25, 0.3) is 12.2 Å². The summed E-state index contributed by atoms with van der Waals surface area (Å²) in [6.45, 7) is 16.5. The molecule has 0 aromatic carbocycles. The number of hydrogen-bond donors (Lipinski definition) is 3. The molecule has 0 saturated heterocycles. The van der Waals surface area contributed by atoms with E-state index in [4.69, 9.17) is 0 Å². The van der Waals surface area contributed by atoms with Gasteiger partial charge in [0.2, 0.25) is 0 Å². The molecule has 0 bridgehead atoms. The minimum Gasteiger partial charge on any atom is -0.361 e. The molecule has 3 nitrogen and oxygen atoms in total. The average molecular weight is 494 g/mol. The Morgan fingerprint density at radius 3 is 2.25 bits per heavy atom. The Morgan fingerprint density at radius 2 is 1.64 bits per heavy atom. The quantitative estimate of drug-likeness (QED) is 0.210. The fourth-order valence-corrected chi connectivity index (χ4v) is 5.52. The van der Waals surface area contributed by atoms with Gasteiger partial charge in [-0.15, -0.1) is 13.2 Å². The monoisotopic (exact) mass is 493 g/mol. The summed E-state index contributed by atoms with van der Waals surface area (Å²) < 4.78 is 0. The molecule has 1 heterocycles. The smallest absolute Gasteiger partial charge is 0.0421 e. The summed E-state index contributed by atoms with van der Waals surface area (Å²) in [4.78, 5) is 3.39. The highest BCUT2D eigenvalue weighted by molar-refractivity contribution is 5.66. The number of nitrogens with one attached hydrogen (secondary N) is 3.